The maximum absolute atomic E-state index is 12.5. The van der Waals surface area contributed by atoms with E-state index in [1.807, 2.05) is 42.8 Å². The zero-order valence-corrected chi connectivity index (χ0v) is 18.4. The zero-order chi connectivity index (χ0) is 21.0. The van der Waals surface area contributed by atoms with E-state index in [9.17, 15) is 4.79 Å². The lowest BCUT2D eigenvalue weighted by molar-refractivity contribution is 0.102. The summed E-state index contributed by atoms with van der Waals surface area (Å²) in [7, 11) is 3.45. The second kappa shape index (κ2) is 9.52. The summed E-state index contributed by atoms with van der Waals surface area (Å²) in [5.74, 6) is 2.18. The molecule has 1 aromatic heterocycles. The molecule has 0 bridgehead atoms. The molecule has 0 spiro atoms. The van der Waals surface area contributed by atoms with Gasteiger partial charge in [0.05, 0.1) is 17.9 Å². The third-order valence-corrected chi connectivity index (χ3v) is 5.74. The molecule has 0 saturated carbocycles. The first-order valence-electron chi connectivity index (χ1n) is 8.70. The molecule has 152 valence electrons. The van der Waals surface area contributed by atoms with E-state index in [2.05, 4.69) is 10.2 Å². The zero-order valence-electron chi connectivity index (χ0n) is 16.1. The van der Waals surface area contributed by atoms with Gasteiger partial charge in [-0.05, 0) is 49.4 Å². The van der Waals surface area contributed by atoms with E-state index in [1.165, 1.54) is 11.8 Å². The third-order valence-electron chi connectivity index (χ3n) is 4.17. The molecule has 0 radical (unpaired) electrons. The summed E-state index contributed by atoms with van der Waals surface area (Å²) in [6.07, 6.45) is -0.323. The van der Waals surface area contributed by atoms with E-state index in [-0.39, 0.29) is 17.6 Å². The van der Waals surface area contributed by atoms with Crippen molar-refractivity contribution in [2.45, 2.75) is 18.2 Å². The second-order valence-electron chi connectivity index (χ2n) is 6.17. The van der Waals surface area contributed by atoms with Crippen LogP contribution in [-0.2, 0) is 7.05 Å². The summed E-state index contributed by atoms with van der Waals surface area (Å²) >= 11 is 13.3. The molecule has 3 rings (SSSR count). The number of ether oxygens (including phenoxy) is 2. The summed E-state index contributed by atoms with van der Waals surface area (Å²) in [6, 6.07) is 12.1. The van der Waals surface area contributed by atoms with Gasteiger partial charge in [0.1, 0.15) is 11.5 Å². The smallest absolute Gasteiger partial charge is 0.191 e. The number of rotatable bonds is 8. The Morgan fingerprint density at radius 1 is 1.14 bits per heavy atom. The Kier molecular flexibility index (Phi) is 7.05. The fourth-order valence-electron chi connectivity index (χ4n) is 2.64. The number of halogens is 2. The average Bonchev–Trinajstić information content (AvgIpc) is 3.07. The number of hydrogen-bond acceptors (Lipinski definition) is 6. The largest absolute Gasteiger partial charge is 0.497 e. The predicted molar refractivity (Wildman–Crippen MR) is 115 cm³/mol. The highest BCUT2D eigenvalue weighted by Gasteiger charge is 2.19. The number of ketones is 1. The lowest BCUT2D eigenvalue weighted by atomic mass is 10.1. The van der Waals surface area contributed by atoms with Crippen LogP contribution >= 0.6 is 35.0 Å². The summed E-state index contributed by atoms with van der Waals surface area (Å²) in [4.78, 5) is 12.5. The molecule has 0 aliphatic rings. The minimum absolute atomic E-state index is 0.108. The number of benzene rings is 2. The predicted octanol–water partition coefficient (Wildman–Crippen LogP) is 5.25. The van der Waals surface area contributed by atoms with Crippen molar-refractivity contribution in [3.8, 4) is 11.5 Å². The second-order valence-corrected chi connectivity index (χ2v) is 7.96. The van der Waals surface area contributed by atoms with Gasteiger partial charge in [-0.1, -0.05) is 35.0 Å². The van der Waals surface area contributed by atoms with Crippen LogP contribution in [0.4, 0.5) is 0 Å². The van der Waals surface area contributed by atoms with Gasteiger partial charge in [-0.25, -0.2) is 0 Å². The first kappa shape index (κ1) is 21.5. The van der Waals surface area contributed by atoms with Crippen LogP contribution in [0.2, 0.25) is 10.0 Å². The van der Waals surface area contributed by atoms with Crippen LogP contribution in [0.15, 0.2) is 47.6 Å². The Bertz CT molecular complexity index is 1010. The molecule has 1 heterocycles. The molecular weight excluding hydrogens is 433 g/mol. The first-order valence-corrected chi connectivity index (χ1v) is 10.4. The molecule has 1 atom stereocenters. The van der Waals surface area contributed by atoms with E-state index >= 15 is 0 Å². The average molecular weight is 452 g/mol. The fourth-order valence-corrected chi connectivity index (χ4v) is 3.96. The van der Waals surface area contributed by atoms with E-state index in [1.54, 1.807) is 25.3 Å². The van der Waals surface area contributed by atoms with Gasteiger partial charge in [-0.15, -0.1) is 10.2 Å². The standard InChI is InChI=1S/C20H19Cl2N3O3S/c1-12(28-15-7-5-14(27-3)6-8-15)19-23-24-20(25(19)2)29-11-18(26)16-9-4-13(21)10-17(16)22/h4-10,12H,11H2,1-3H3. The highest BCUT2D eigenvalue weighted by molar-refractivity contribution is 7.99. The van der Waals surface area contributed by atoms with Gasteiger partial charge in [-0.2, -0.15) is 0 Å². The van der Waals surface area contributed by atoms with Gasteiger partial charge in [0.2, 0.25) is 0 Å². The van der Waals surface area contributed by atoms with Crippen LogP contribution < -0.4 is 9.47 Å². The Morgan fingerprint density at radius 3 is 2.48 bits per heavy atom. The van der Waals surface area contributed by atoms with E-state index < -0.39 is 0 Å². The molecule has 0 saturated heterocycles. The van der Waals surface area contributed by atoms with Crippen LogP contribution in [0.25, 0.3) is 0 Å². The SMILES string of the molecule is COc1ccc(OC(C)c2nnc(SCC(=O)c3ccc(Cl)cc3Cl)n2C)cc1. The molecule has 9 heteroatoms. The van der Waals surface area contributed by atoms with Crippen molar-refractivity contribution in [2.75, 3.05) is 12.9 Å². The third kappa shape index (κ3) is 5.23. The monoisotopic (exact) mass is 451 g/mol. The molecule has 0 fully saturated rings. The minimum Gasteiger partial charge on any atom is -0.497 e. The maximum Gasteiger partial charge on any atom is 0.191 e. The first-order chi connectivity index (χ1) is 13.9. The highest BCUT2D eigenvalue weighted by Crippen LogP contribution is 2.27. The number of hydrogen-bond donors (Lipinski definition) is 0. The van der Waals surface area contributed by atoms with Gasteiger partial charge < -0.3 is 14.0 Å². The summed E-state index contributed by atoms with van der Waals surface area (Å²) in [5.41, 5.74) is 0.433. The van der Waals surface area contributed by atoms with Crippen LogP contribution in [0, 0.1) is 0 Å². The van der Waals surface area contributed by atoms with E-state index in [0.29, 0.717) is 32.3 Å². The van der Waals surface area contributed by atoms with E-state index in [0.717, 1.165) is 5.75 Å². The van der Waals surface area contributed by atoms with Crippen molar-refractivity contribution >= 4 is 40.7 Å². The van der Waals surface area contributed by atoms with Gasteiger partial charge in [0.15, 0.2) is 22.9 Å². The fraction of sp³-hybridized carbons (Fsp3) is 0.250. The number of thioether (sulfide) groups is 1. The highest BCUT2D eigenvalue weighted by atomic mass is 35.5. The topological polar surface area (TPSA) is 66.2 Å². The van der Waals surface area contributed by atoms with Crippen molar-refractivity contribution in [3.63, 3.8) is 0 Å². The summed E-state index contributed by atoms with van der Waals surface area (Å²) in [5, 5.41) is 9.83. The molecule has 0 aliphatic carbocycles. The van der Waals surface area contributed by atoms with Crippen molar-refractivity contribution < 1.29 is 14.3 Å². The number of Topliss-reactive ketones (excluding diaryl/α,β-unsaturated/α-hetero) is 1. The van der Waals surface area contributed by atoms with Gasteiger partial charge >= 0.3 is 0 Å². The lowest BCUT2D eigenvalue weighted by Crippen LogP contribution is -2.10. The Morgan fingerprint density at radius 2 is 1.83 bits per heavy atom. The number of carbonyl (C=O) groups excluding carboxylic acids is 1. The van der Waals surface area contributed by atoms with Crippen LogP contribution in [0.5, 0.6) is 11.5 Å². The number of nitrogens with zero attached hydrogens (tertiary/aromatic N) is 3. The van der Waals surface area contributed by atoms with Crippen LogP contribution in [0.3, 0.4) is 0 Å². The van der Waals surface area contributed by atoms with Crippen molar-refractivity contribution in [3.05, 3.63) is 63.9 Å². The molecule has 3 aromatic rings. The molecule has 0 N–H and O–H groups in total. The van der Waals surface area contributed by atoms with Gasteiger partial charge in [0.25, 0.3) is 0 Å². The molecule has 0 aliphatic heterocycles. The molecule has 0 amide bonds. The van der Waals surface area contributed by atoms with Crippen LogP contribution in [-0.4, -0.2) is 33.4 Å². The lowest BCUT2D eigenvalue weighted by Gasteiger charge is -2.14. The summed E-state index contributed by atoms with van der Waals surface area (Å²) < 4.78 is 12.9. The number of carbonyl (C=O) groups is 1. The molecular formula is C20H19Cl2N3O3S. The quantitative estimate of drug-likeness (QED) is 0.344. The Hall–Kier alpha value is -2.22. The number of methoxy groups -OCH3 is 1. The van der Waals surface area contributed by atoms with E-state index in [4.69, 9.17) is 32.7 Å². The van der Waals surface area contributed by atoms with Gasteiger partial charge in [-0.3, -0.25) is 4.79 Å². The molecule has 2 aromatic carbocycles. The van der Waals surface area contributed by atoms with Crippen LogP contribution in [0.1, 0.15) is 29.2 Å². The Balaban J connectivity index is 1.64. The Labute approximate surface area is 183 Å². The molecule has 29 heavy (non-hydrogen) atoms. The van der Waals surface area contributed by atoms with Crippen molar-refractivity contribution in [2.24, 2.45) is 7.05 Å². The van der Waals surface area contributed by atoms with Gasteiger partial charge in [0, 0.05) is 17.6 Å². The normalized spacial score (nSPS) is 11.9. The van der Waals surface area contributed by atoms with Crippen molar-refractivity contribution in [1.29, 1.82) is 0 Å². The molecule has 1 unspecified atom stereocenters. The van der Waals surface area contributed by atoms with Crippen molar-refractivity contribution in [1.82, 2.24) is 14.8 Å². The maximum atomic E-state index is 12.5. The molecule has 6 nitrogen and oxygen atoms in total. The minimum atomic E-state index is -0.323. The summed E-state index contributed by atoms with van der Waals surface area (Å²) in [6.45, 7) is 1.89. The number of aromatic nitrogens is 3.